The predicted molar refractivity (Wildman–Crippen MR) is 110 cm³/mol. The van der Waals surface area contributed by atoms with Crippen LogP contribution in [0.4, 0.5) is 10.6 Å². The van der Waals surface area contributed by atoms with Crippen molar-refractivity contribution < 1.29 is 14.7 Å². The maximum Gasteiger partial charge on any atom is 0.315 e. The molecule has 2 heterocycles. The minimum atomic E-state index is -0.860. The highest BCUT2D eigenvalue weighted by Crippen LogP contribution is 2.16. The first kappa shape index (κ1) is 20.6. The Kier molecular flexibility index (Phi) is 7.38. The van der Waals surface area contributed by atoms with E-state index in [9.17, 15) is 9.59 Å². The molecule has 0 aliphatic carbocycles. The minimum Gasteiger partial charge on any atom is -0.481 e. The average Bonchev–Trinajstić information content (AvgIpc) is 2.74. The van der Waals surface area contributed by atoms with E-state index < -0.39 is 5.97 Å². The number of anilines is 1. The van der Waals surface area contributed by atoms with Crippen molar-refractivity contribution in [3.8, 4) is 0 Å². The number of hydrogen-bond acceptors (Lipinski definition) is 5. The molecule has 2 aromatic rings. The molecular formula is C21H27N5O3. The fraction of sp³-hybridized carbons (Fsp3) is 0.429. The number of amides is 2. The van der Waals surface area contributed by atoms with Gasteiger partial charge in [0.15, 0.2) is 5.82 Å². The van der Waals surface area contributed by atoms with E-state index in [1.165, 1.54) is 0 Å². The number of piperidine rings is 1. The summed E-state index contributed by atoms with van der Waals surface area (Å²) < 4.78 is 0. The van der Waals surface area contributed by atoms with Crippen LogP contribution in [0.25, 0.3) is 0 Å². The van der Waals surface area contributed by atoms with Gasteiger partial charge in [-0.25, -0.2) is 4.79 Å². The average molecular weight is 397 g/mol. The van der Waals surface area contributed by atoms with Crippen LogP contribution in [0.15, 0.2) is 48.7 Å². The first-order valence-corrected chi connectivity index (χ1v) is 9.95. The summed E-state index contributed by atoms with van der Waals surface area (Å²) in [7, 11) is 0. The van der Waals surface area contributed by atoms with E-state index in [2.05, 4.69) is 25.7 Å². The number of carbonyl (C=O) groups is 2. The van der Waals surface area contributed by atoms with Crippen LogP contribution in [0.5, 0.6) is 0 Å². The fourth-order valence-corrected chi connectivity index (χ4v) is 3.55. The fourth-order valence-electron chi connectivity index (χ4n) is 3.55. The SMILES string of the molecule is O=C(O)CCC(Cc1ccccc1)NC(=O)NC1CCN(c2cccnn2)CC1. The number of rotatable bonds is 8. The van der Waals surface area contributed by atoms with Gasteiger partial charge in [-0.05, 0) is 43.4 Å². The maximum absolute atomic E-state index is 12.5. The summed E-state index contributed by atoms with van der Waals surface area (Å²) in [5, 5.41) is 23.0. The lowest BCUT2D eigenvalue weighted by atomic mass is 10.0. The summed E-state index contributed by atoms with van der Waals surface area (Å²) >= 11 is 0. The lowest BCUT2D eigenvalue weighted by molar-refractivity contribution is -0.137. The third kappa shape index (κ3) is 6.74. The van der Waals surface area contributed by atoms with Gasteiger partial charge in [0.05, 0.1) is 0 Å². The number of urea groups is 1. The first-order chi connectivity index (χ1) is 14.1. The summed E-state index contributed by atoms with van der Waals surface area (Å²) in [6.45, 7) is 1.60. The van der Waals surface area contributed by atoms with Gasteiger partial charge in [-0.3, -0.25) is 4.79 Å². The molecule has 8 heteroatoms. The van der Waals surface area contributed by atoms with Crippen molar-refractivity contribution in [3.05, 3.63) is 54.2 Å². The lowest BCUT2D eigenvalue weighted by Crippen LogP contribution is -2.50. The molecule has 1 aliphatic rings. The van der Waals surface area contributed by atoms with E-state index in [0.29, 0.717) is 12.8 Å². The van der Waals surface area contributed by atoms with Crippen LogP contribution in [-0.2, 0) is 11.2 Å². The molecule has 3 rings (SSSR count). The number of nitrogens with one attached hydrogen (secondary N) is 2. The van der Waals surface area contributed by atoms with E-state index in [1.807, 2.05) is 42.5 Å². The van der Waals surface area contributed by atoms with Crippen molar-refractivity contribution in [1.82, 2.24) is 20.8 Å². The van der Waals surface area contributed by atoms with Gasteiger partial charge in [0.1, 0.15) is 0 Å². The molecule has 1 unspecified atom stereocenters. The highest BCUT2D eigenvalue weighted by molar-refractivity contribution is 5.75. The predicted octanol–water partition coefficient (Wildman–Crippen LogP) is 2.22. The molecule has 3 N–H and O–H groups in total. The molecule has 1 aliphatic heterocycles. The Labute approximate surface area is 170 Å². The van der Waals surface area contributed by atoms with Gasteiger partial charge in [0.25, 0.3) is 0 Å². The van der Waals surface area contributed by atoms with Gasteiger partial charge in [0.2, 0.25) is 0 Å². The van der Waals surface area contributed by atoms with Crippen LogP contribution < -0.4 is 15.5 Å². The molecule has 0 bridgehead atoms. The van der Waals surface area contributed by atoms with Crippen LogP contribution in [0.1, 0.15) is 31.2 Å². The quantitative estimate of drug-likeness (QED) is 0.630. The Morgan fingerprint density at radius 1 is 1.14 bits per heavy atom. The molecule has 29 heavy (non-hydrogen) atoms. The van der Waals surface area contributed by atoms with Crippen LogP contribution in [-0.4, -0.2) is 52.5 Å². The molecule has 1 aromatic heterocycles. The zero-order chi connectivity index (χ0) is 20.5. The van der Waals surface area contributed by atoms with Crippen molar-refractivity contribution in [1.29, 1.82) is 0 Å². The van der Waals surface area contributed by atoms with E-state index in [-0.39, 0.29) is 24.5 Å². The molecule has 154 valence electrons. The number of hydrogen-bond donors (Lipinski definition) is 3. The Balaban J connectivity index is 1.48. The van der Waals surface area contributed by atoms with Gasteiger partial charge < -0.3 is 20.6 Å². The molecule has 2 amide bonds. The van der Waals surface area contributed by atoms with E-state index in [0.717, 1.165) is 37.3 Å². The smallest absolute Gasteiger partial charge is 0.315 e. The van der Waals surface area contributed by atoms with Crippen molar-refractivity contribution >= 4 is 17.8 Å². The van der Waals surface area contributed by atoms with Crippen LogP contribution in [0.2, 0.25) is 0 Å². The number of aliphatic carboxylic acids is 1. The number of nitrogens with zero attached hydrogens (tertiary/aromatic N) is 3. The molecule has 1 saturated heterocycles. The Morgan fingerprint density at radius 2 is 1.90 bits per heavy atom. The summed E-state index contributed by atoms with van der Waals surface area (Å²) in [5.74, 6) is -0.00588. The van der Waals surface area contributed by atoms with Crippen LogP contribution in [0, 0.1) is 0 Å². The largest absolute Gasteiger partial charge is 0.481 e. The second-order valence-electron chi connectivity index (χ2n) is 7.28. The lowest BCUT2D eigenvalue weighted by Gasteiger charge is -2.33. The zero-order valence-electron chi connectivity index (χ0n) is 16.3. The number of carboxylic acid groups (broad SMARTS) is 1. The summed E-state index contributed by atoms with van der Waals surface area (Å²) in [6.07, 6.45) is 4.31. The van der Waals surface area contributed by atoms with Crippen molar-refractivity contribution in [3.63, 3.8) is 0 Å². The summed E-state index contributed by atoms with van der Waals surface area (Å²) in [5.41, 5.74) is 1.07. The van der Waals surface area contributed by atoms with Gasteiger partial charge in [0, 0.05) is 37.8 Å². The number of aromatic nitrogens is 2. The van der Waals surface area contributed by atoms with Gasteiger partial charge in [-0.1, -0.05) is 30.3 Å². The third-order valence-electron chi connectivity index (χ3n) is 5.08. The zero-order valence-corrected chi connectivity index (χ0v) is 16.3. The number of benzene rings is 1. The van der Waals surface area contributed by atoms with Crippen molar-refractivity contribution in [2.45, 2.75) is 44.2 Å². The second kappa shape index (κ2) is 10.4. The Hall–Kier alpha value is -3.16. The van der Waals surface area contributed by atoms with E-state index in [1.54, 1.807) is 6.20 Å². The first-order valence-electron chi connectivity index (χ1n) is 9.95. The van der Waals surface area contributed by atoms with Gasteiger partial charge in [-0.15, -0.1) is 5.10 Å². The molecule has 1 atom stereocenters. The van der Waals surface area contributed by atoms with Crippen LogP contribution in [0.3, 0.4) is 0 Å². The standard InChI is InChI=1S/C21H27N5O3/c27-20(28)9-8-18(15-16-5-2-1-3-6-16)24-21(29)23-17-10-13-26(14-11-17)19-7-4-12-22-25-19/h1-7,12,17-18H,8-11,13-15H2,(H,27,28)(H2,23,24,29). The van der Waals surface area contributed by atoms with Crippen molar-refractivity contribution in [2.24, 2.45) is 0 Å². The third-order valence-corrected chi connectivity index (χ3v) is 5.08. The van der Waals surface area contributed by atoms with Crippen LogP contribution >= 0.6 is 0 Å². The highest BCUT2D eigenvalue weighted by atomic mass is 16.4. The van der Waals surface area contributed by atoms with Crippen molar-refractivity contribution in [2.75, 3.05) is 18.0 Å². The van der Waals surface area contributed by atoms with Gasteiger partial charge >= 0.3 is 12.0 Å². The summed E-state index contributed by atoms with van der Waals surface area (Å²) in [6, 6.07) is 13.2. The van der Waals surface area contributed by atoms with E-state index >= 15 is 0 Å². The monoisotopic (exact) mass is 397 g/mol. The molecule has 1 fully saturated rings. The molecular weight excluding hydrogens is 370 g/mol. The Bertz CT molecular complexity index is 779. The highest BCUT2D eigenvalue weighted by Gasteiger charge is 2.23. The topological polar surface area (TPSA) is 107 Å². The molecule has 8 nitrogen and oxygen atoms in total. The maximum atomic E-state index is 12.5. The summed E-state index contributed by atoms with van der Waals surface area (Å²) in [4.78, 5) is 25.6. The number of carboxylic acids is 1. The molecule has 0 spiro atoms. The van der Waals surface area contributed by atoms with Gasteiger partial charge in [-0.2, -0.15) is 5.10 Å². The minimum absolute atomic E-state index is 0.0221. The molecule has 0 saturated carbocycles. The Morgan fingerprint density at radius 3 is 2.55 bits per heavy atom. The normalized spacial score (nSPS) is 15.5. The molecule has 0 radical (unpaired) electrons. The molecule has 1 aromatic carbocycles. The number of carbonyl (C=O) groups excluding carboxylic acids is 1. The van der Waals surface area contributed by atoms with E-state index in [4.69, 9.17) is 5.11 Å². The second-order valence-corrected chi connectivity index (χ2v) is 7.28.